The molecule has 0 saturated carbocycles. The van der Waals surface area contributed by atoms with Crippen LogP contribution in [-0.2, 0) is 6.42 Å². The van der Waals surface area contributed by atoms with Crippen LogP contribution in [0.15, 0.2) is 41.0 Å². The number of aryl methyl sites for hydroxylation is 1. The maximum Gasteiger partial charge on any atom is 0.254 e. The number of benzene rings is 1. The predicted molar refractivity (Wildman–Crippen MR) is 83.9 cm³/mol. The highest BCUT2D eigenvalue weighted by Crippen LogP contribution is 2.22. The molecule has 0 fully saturated rings. The van der Waals surface area contributed by atoms with Gasteiger partial charge in [-0.1, -0.05) is 24.3 Å². The van der Waals surface area contributed by atoms with Gasteiger partial charge in [-0.2, -0.15) is 0 Å². The quantitative estimate of drug-likeness (QED) is 0.916. The van der Waals surface area contributed by atoms with E-state index in [1.54, 1.807) is 19.3 Å². The van der Waals surface area contributed by atoms with Crippen LogP contribution in [0.25, 0.3) is 0 Å². The third-order valence-corrected chi connectivity index (χ3v) is 3.79. The monoisotopic (exact) mass is 306 g/mol. The van der Waals surface area contributed by atoms with E-state index in [0.29, 0.717) is 17.9 Å². The third kappa shape index (κ3) is 3.28. The first-order valence-electron chi connectivity index (χ1n) is 6.89. The summed E-state index contributed by atoms with van der Waals surface area (Å²) in [5.74, 6) is 0.570. The van der Waals surface area contributed by atoms with Gasteiger partial charge in [0.25, 0.3) is 5.91 Å². The van der Waals surface area contributed by atoms with Gasteiger partial charge in [0.1, 0.15) is 5.76 Å². The van der Waals surface area contributed by atoms with E-state index in [-0.39, 0.29) is 24.4 Å². The summed E-state index contributed by atoms with van der Waals surface area (Å²) in [6.45, 7) is 3.33. The molecule has 21 heavy (non-hydrogen) atoms. The number of carbonyl (C=O) groups excluding carboxylic acids is 1. The third-order valence-electron chi connectivity index (χ3n) is 3.79. The largest absolute Gasteiger partial charge is 0.469 e. The number of nitrogens with one attached hydrogen (secondary N) is 2. The fraction of sp³-hybridized carbons (Fsp3) is 0.312. The van der Waals surface area contributed by atoms with Crippen LogP contribution in [0.1, 0.15) is 33.3 Å². The minimum atomic E-state index is -0.0823. The van der Waals surface area contributed by atoms with Crippen molar-refractivity contribution in [2.24, 2.45) is 0 Å². The predicted octanol–water partition coefficient (Wildman–Crippen LogP) is 2.63. The Balaban J connectivity index is 0.00000161. The van der Waals surface area contributed by atoms with Crippen molar-refractivity contribution in [3.05, 3.63) is 59.0 Å². The van der Waals surface area contributed by atoms with E-state index in [1.165, 1.54) is 11.1 Å². The van der Waals surface area contributed by atoms with E-state index in [2.05, 4.69) is 28.8 Å². The zero-order valence-corrected chi connectivity index (χ0v) is 12.7. The molecule has 4 nitrogen and oxygen atoms in total. The lowest BCUT2D eigenvalue weighted by Crippen LogP contribution is -2.38. The zero-order valence-electron chi connectivity index (χ0n) is 11.9. The molecule has 0 bridgehead atoms. The average Bonchev–Trinajstić information content (AvgIpc) is 2.91. The van der Waals surface area contributed by atoms with Crippen molar-refractivity contribution in [3.63, 3.8) is 0 Å². The van der Waals surface area contributed by atoms with Gasteiger partial charge in [0, 0.05) is 12.6 Å². The molecule has 1 aliphatic heterocycles. The summed E-state index contributed by atoms with van der Waals surface area (Å²) in [6.07, 6.45) is 2.58. The van der Waals surface area contributed by atoms with Crippen LogP contribution in [0.4, 0.5) is 0 Å². The summed E-state index contributed by atoms with van der Waals surface area (Å²) in [6, 6.07) is 10.3. The number of halogens is 1. The molecule has 0 aliphatic carbocycles. The van der Waals surface area contributed by atoms with Crippen LogP contribution in [-0.4, -0.2) is 19.0 Å². The molecule has 1 amide bonds. The van der Waals surface area contributed by atoms with E-state index in [1.807, 2.05) is 6.07 Å². The molecule has 2 heterocycles. The van der Waals surface area contributed by atoms with E-state index in [9.17, 15) is 4.79 Å². The van der Waals surface area contributed by atoms with Crippen LogP contribution in [0.5, 0.6) is 0 Å². The summed E-state index contributed by atoms with van der Waals surface area (Å²) < 4.78 is 5.16. The second-order valence-electron chi connectivity index (χ2n) is 5.06. The molecule has 2 N–H and O–H groups in total. The average molecular weight is 307 g/mol. The van der Waals surface area contributed by atoms with Crippen LogP contribution in [0, 0.1) is 6.92 Å². The lowest BCUT2D eigenvalue weighted by molar-refractivity contribution is 0.0947. The van der Waals surface area contributed by atoms with E-state index >= 15 is 0 Å². The van der Waals surface area contributed by atoms with Gasteiger partial charge in [-0.25, -0.2) is 0 Å². The SMILES string of the molecule is Cc1occc1C(=O)NCC1NCCc2ccccc21.Cl. The summed E-state index contributed by atoms with van der Waals surface area (Å²) in [7, 11) is 0. The first-order valence-corrected chi connectivity index (χ1v) is 6.89. The molecule has 0 spiro atoms. The molecule has 5 heteroatoms. The van der Waals surface area contributed by atoms with Gasteiger partial charge < -0.3 is 15.1 Å². The number of fused-ring (bicyclic) bond motifs is 1. The van der Waals surface area contributed by atoms with Crippen molar-refractivity contribution in [1.29, 1.82) is 0 Å². The minimum Gasteiger partial charge on any atom is -0.469 e. The first-order chi connectivity index (χ1) is 9.75. The molecule has 1 unspecified atom stereocenters. The zero-order chi connectivity index (χ0) is 13.9. The van der Waals surface area contributed by atoms with Crippen LogP contribution < -0.4 is 10.6 Å². The lowest BCUT2D eigenvalue weighted by Gasteiger charge is -2.27. The highest BCUT2D eigenvalue weighted by atomic mass is 35.5. The maximum atomic E-state index is 12.1. The lowest BCUT2D eigenvalue weighted by atomic mass is 9.94. The number of furan rings is 1. The Morgan fingerprint density at radius 3 is 2.95 bits per heavy atom. The van der Waals surface area contributed by atoms with Gasteiger partial charge in [-0.3, -0.25) is 4.79 Å². The summed E-state index contributed by atoms with van der Waals surface area (Å²) in [5, 5.41) is 6.43. The Hall–Kier alpha value is -1.78. The summed E-state index contributed by atoms with van der Waals surface area (Å²) in [4.78, 5) is 12.1. The van der Waals surface area contributed by atoms with Crippen LogP contribution in [0.2, 0.25) is 0 Å². The number of hydrogen-bond donors (Lipinski definition) is 2. The van der Waals surface area contributed by atoms with Crippen molar-refractivity contribution in [2.75, 3.05) is 13.1 Å². The standard InChI is InChI=1S/C16H18N2O2.ClH/c1-11-13(7-9-20-11)16(19)18-10-15-14-5-3-2-4-12(14)6-8-17-15;/h2-5,7,9,15,17H,6,8,10H2,1H3,(H,18,19);1H. The van der Waals surface area contributed by atoms with Gasteiger partial charge in [-0.05, 0) is 37.1 Å². The Bertz CT molecular complexity index is 624. The summed E-state index contributed by atoms with van der Waals surface area (Å²) >= 11 is 0. The summed E-state index contributed by atoms with van der Waals surface area (Å²) in [5.41, 5.74) is 3.25. The maximum absolute atomic E-state index is 12.1. The number of hydrogen-bond acceptors (Lipinski definition) is 3. The topological polar surface area (TPSA) is 54.3 Å². The van der Waals surface area contributed by atoms with Crippen LogP contribution in [0.3, 0.4) is 0 Å². The first kappa shape index (κ1) is 15.6. The molecule has 1 aliphatic rings. The van der Waals surface area contributed by atoms with Gasteiger partial charge in [0.15, 0.2) is 0 Å². The van der Waals surface area contributed by atoms with Crippen molar-refractivity contribution in [3.8, 4) is 0 Å². The smallest absolute Gasteiger partial charge is 0.254 e. The van der Waals surface area contributed by atoms with Gasteiger partial charge >= 0.3 is 0 Å². The molecule has 0 saturated heterocycles. The Morgan fingerprint density at radius 2 is 2.19 bits per heavy atom. The Labute approximate surface area is 130 Å². The van der Waals surface area contributed by atoms with Gasteiger partial charge in [0.05, 0.1) is 11.8 Å². The molecule has 1 aromatic carbocycles. The van der Waals surface area contributed by atoms with Crippen LogP contribution >= 0.6 is 12.4 Å². The van der Waals surface area contributed by atoms with Crippen molar-refractivity contribution < 1.29 is 9.21 Å². The molecule has 112 valence electrons. The number of carbonyl (C=O) groups is 1. The molecular weight excluding hydrogens is 288 g/mol. The highest BCUT2D eigenvalue weighted by Gasteiger charge is 2.20. The van der Waals surface area contributed by atoms with Crippen molar-refractivity contribution in [2.45, 2.75) is 19.4 Å². The fourth-order valence-corrected chi connectivity index (χ4v) is 2.69. The minimum absolute atomic E-state index is 0. The van der Waals surface area contributed by atoms with E-state index in [0.717, 1.165) is 13.0 Å². The van der Waals surface area contributed by atoms with Gasteiger partial charge in [-0.15, -0.1) is 12.4 Å². The Kier molecular flexibility index (Phi) is 5.04. The second kappa shape index (κ2) is 6.78. The number of rotatable bonds is 3. The second-order valence-corrected chi connectivity index (χ2v) is 5.06. The molecule has 2 aromatic rings. The Morgan fingerprint density at radius 1 is 1.38 bits per heavy atom. The molecular formula is C16H19ClN2O2. The molecule has 0 radical (unpaired) electrons. The fourth-order valence-electron chi connectivity index (χ4n) is 2.69. The molecule has 1 aromatic heterocycles. The normalized spacial score (nSPS) is 16.7. The van der Waals surface area contributed by atoms with Crippen molar-refractivity contribution >= 4 is 18.3 Å². The van der Waals surface area contributed by atoms with E-state index < -0.39 is 0 Å². The molecule has 3 rings (SSSR count). The molecule has 1 atom stereocenters. The van der Waals surface area contributed by atoms with Crippen molar-refractivity contribution in [1.82, 2.24) is 10.6 Å². The van der Waals surface area contributed by atoms with E-state index in [4.69, 9.17) is 4.42 Å². The number of amides is 1. The highest BCUT2D eigenvalue weighted by molar-refractivity contribution is 5.95. The van der Waals surface area contributed by atoms with Gasteiger partial charge in [0.2, 0.25) is 0 Å².